The molecule has 144 valence electrons. The minimum Gasteiger partial charge on any atom is -0.345 e. The average molecular weight is 369 g/mol. The summed E-state index contributed by atoms with van der Waals surface area (Å²) in [6.07, 6.45) is 3.91. The number of benzene rings is 1. The molecule has 27 heavy (non-hydrogen) atoms. The van der Waals surface area contributed by atoms with E-state index >= 15 is 0 Å². The Morgan fingerprint density at radius 3 is 2.67 bits per heavy atom. The van der Waals surface area contributed by atoms with Crippen molar-refractivity contribution in [3.8, 4) is 0 Å². The van der Waals surface area contributed by atoms with Crippen LogP contribution in [0.25, 0.3) is 0 Å². The van der Waals surface area contributed by atoms with E-state index in [2.05, 4.69) is 0 Å². The predicted octanol–water partition coefficient (Wildman–Crippen LogP) is 2.14. The van der Waals surface area contributed by atoms with Crippen LogP contribution in [0.4, 0.5) is 5.69 Å². The summed E-state index contributed by atoms with van der Waals surface area (Å²) in [5.74, 6) is 1.21. The Morgan fingerprint density at radius 2 is 1.93 bits per heavy atom. The molecule has 6 heteroatoms. The van der Waals surface area contributed by atoms with Gasteiger partial charge in [0.25, 0.3) is 5.91 Å². The number of amides is 3. The van der Waals surface area contributed by atoms with Crippen LogP contribution in [-0.4, -0.2) is 60.7 Å². The van der Waals surface area contributed by atoms with Gasteiger partial charge in [0.2, 0.25) is 11.8 Å². The molecule has 2 aliphatic heterocycles. The number of rotatable bonds is 3. The smallest absolute Gasteiger partial charge is 0.253 e. The number of piperidine rings is 1. The van der Waals surface area contributed by atoms with Gasteiger partial charge < -0.3 is 14.7 Å². The quantitative estimate of drug-likeness (QED) is 0.820. The Kier molecular flexibility index (Phi) is 4.66. The number of nitrogens with zero attached hydrogens (tertiary/aromatic N) is 3. The maximum atomic E-state index is 13.1. The van der Waals surface area contributed by atoms with E-state index in [-0.39, 0.29) is 23.8 Å². The van der Waals surface area contributed by atoms with Crippen molar-refractivity contribution in [3.05, 3.63) is 29.8 Å². The number of fused-ring (bicyclic) bond motifs is 1. The molecule has 2 saturated heterocycles. The monoisotopic (exact) mass is 369 g/mol. The summed E-state index contributed by atoms with van der Waals surface area (Å²) in [6.45, 7) is 1.52. The summed E-state index contributed by atoms with van der Waals surface area (Å²) in [6, 6.07) is 7.57. The van der Waals surface area contributed by atoms with Crippen LogP contribution in [0.3, 0.4) is 0 Å². The second-order valence-electron chi connectivity index (χ2n) is 8.24. The van der Waals surface area contributed by atoms with E-state index in [4.69, 9.17) is 0 Å². The SMILES string of the molecule is CN1C[C@H]2C[C@@H](N(C)C(=O)c3cccc(N4CCCC4=O)c3)C[C@H]2CC1=O. The zero-order valence-corrected chi connectivity index (χ0v) is 16.1. The van der Waals surface area contributed by atoms with Crippen LogP contribution in [0.15, 0.2) is 24.3 Å². The maximum Gasteiger partial charge on any atom is 0.253 e. The fourth-order valence-electron chi connectivity index (χ4n) is 4.90. The molecule has 2 heterocycles. The summed E-state index contributed by atoms with van der Waals surface area (Å²) in [7, 11) is 3.73. The van der Waals surface area contributed by atoms with Gasteiger partial charge in [0, 0.05) is 57.3 Å². The van der Waals surface area contributed by atoms with Crippen LogP contribution in [0.5, 0.6) is 0 Å². The number of hydrogen-bond donors (Lipinski definition) is 0. The molecular weight excluding hydrogens is 342 g/mol. The van der Waals surface area contributed by atoms with Gasteiger partial charge in [0.15, 0.2) is 0 Å². The molecule has 1 aromatic carbocycles. The molecule has 0 N–H and O–H groups in total. The van der Waals surface area contributed by atoms with E-state index < -0.39 is 0 Å². The van der Waals surface area contributed by atoms with Crippen molar-refractivity contribution in [2.45, 2.75) is 38.1 Å². The van der Waals surface area contributed by atoms with Crippen molar-refractivity contribution in [3.63, 3.8) is 0 Å². The van der Waals surface area contributed by atoms with Gasteiger partial charge in [0.05, 0.1) is 0 Å². The van der Waals surface area contributed by atoms with Crippen molar-refractivity contribution in [1.29, 1.82) is 0 Å². The number of carbonyl (C=O) groups is 3. The Balaban J connectivity index is 1.47. The van der Waals surface area contributed by atoms with Crippen LogP contribution < -0.4 is 4.90 Å². The molecule has 6 nitrogen and oxygen atoms in total. The molecule has 3 fully saturated rings. The Labute approximate surface area is 160 Å². The van der Waals surface area contributed by atoms with Gasteiger partial charge in [-0.1, -0.05) is 6.07 Å². The summed E-state index contributed by atoms with van der Waals surface area (Å²) >= 11 is 0. The van der Waals surface area contributed by atoms with Crippen molar-refractivity contribution in [1.82, 2.24) is 9.80 Å². The summed E-state index contributed by atoms with van der Waals surface area (Å²) in [5, 5.41) is 0. The summed E-state index contributed by atoms with van der Waals surface area (Å²) < 4.78 is 0. The third kappa shape index (κ3) is 3.33. The lowest BCUT2D eigenvalue weighted by atomic mass is 9.88. The van der Waals surface area contributed by atoms with Crippen molar-refractivity contribution in [2.75, 3.05) is 32.1 Å². The molecule has 0 aromatic heterocycles. The number of carbonyl (C=O) groups excluding carboxylic acids is 3. The molecule has 1 aromatic rings. The third-order valence-electron chi connectivity index (χ3n) is 6.53. The summed E-state index contributed by atoms with van der Waals surface area (Å²) in [4.78, 5) is 42.5. The lowest BCUT2D eigenvalue weighted by molar-refractivity contribution is -0.134. The molecule has 3 amide bonds. The first-order valence-corrected chi connectivity index (χ1v) is 9.85. The van der Waals surface area contributed by atoms with Crippen LogP contribution in [0.1, 0.15) is 42.5 Å². The molecule has 4 rings (SSSR count). The molecule has 3 atom stereocenters. The average Bonchev–Trinajstić information content (AvgIpc) is 3.27. The number of anilines is 1. The molecule has 0 bridgehead atoms. The standard InChI is InChI=1S/C21H27N3O3/c1-22-13-16-11-18(10-15(16)12-20(22)26)23(2)21(27)14-5-3-6-17(9-14)24-8-4-7-19(24)25/h3,5-6,9,15-16,18H,4,7-8,10-13H2,1-2H3/t15-,16+,18-/m0/s1. The van der Waals surface area contributed by atoms with E-state index in [9.17, 15) is 14.4 Å². The largest absolute Gasteiger partial charge is 0.345 e. The fourth-order valence-corrected chi connectivity index (χ4v) is 4.90. The Morgan fingerprint density at radius 1 is 1.15 bits per heavy atom. The normalized spacial score (nSPS) is 27.9. The summed E-state index contributed by atoms with van der Waals surface area (Å²) in [5.41, 5.74) is 1.43. The van der Waals surface area contributed by atoms with Gasteiger partial charge in [-0.15, -0.1) is 0 Å². The van der Waals surface area contributed by atoms with Gasteiger partial charge in [0.1, 0.15) is 0 Å². The second-order valence-corrected chi connectivity index (χ2v) is 8.24. The molecule has 0 radical (unpaired) electrons. The molecule has 0 unspecified atom stereocenters. The fraction of sp³-hybridized carbons (Fsp3) is 0.571. The topological polar surface area (TPSA) is 60.9 Å². The first kappa shape index (κ1) is 18.0. The number of hydrogen-bond acceptors (Lipinski definition) is 3. The second kappa shape index (κ2) is 6.98. The van der Waals surface area contributed by atoms with Crippen LogP contribution in [-0.2, 0) is 9.59 Å². The van der Waals surface area contributed by atoms with E-state index in [0.717, 1.165) is 38.0 Å². The van der Waals surface area contributed by atoms with E-state index in [0.29, 0.717) is 30.2 Å². The van der Waals surface area contributed by atoms with E-state index in [1.165, 1.54) is 0 Å². The van der Waals surface area contributed by atoms with Gasteiger partial charge in [-0.25, -0.2) is 0 Å². The molecule has 0 spiro atoms. The van der Waals surface area contributed by atoms with Gasteiger partial charge in [-0.2, -0.15) is 0 Å². The maximum absolute atomic E-state index is 13.1. The van der Waals surface area contributed by atoms with E-state index in [1.807, 2.05) is 48.2 Å². The highest BCUT2D eigenvalue weighted by Crippen LogP contribution is 2.40. The highest BCUT2D eigenvalue weighted by molar-refractivity contribution is 5.99. The first-order chi connectivity index (χ1) is 12.9. The van der Waals surface area contributed by atoms with Gasteiger partial charge in [-0.3, -0.25) is 14.4 Å². The minimum atomic E-state index is -0.00757. The van der Waals surface area contributed by atoms with Crippen molar-refractivity contribution >= 4 is 23.4 Å². The van der Waals surface area contributed by atoms with Crippen LogP contribution in [0.2, 0.25) is 0 Å². The third-order valence-corrected chi connectivity index (χ3v) is 6.53. The van der Waals surface area contributed by atoms with Crippen molar-refractivity contribution < 1.29 is 14.4 Å². The molecule has 1 aliphatic carbocycles. The Hall–Kier alpha value is -2.37. The Bertz CT molecular complexity index is 778. The highest BCUT2D eigenvalue weighted by Gasteiger charge is 2.42. The van der Waals surface area contributed by atoms with Crippen molar-refractivity contribution in [2.24, 2.45) is 11.8 Å². The highest BCUT2D eigenvalue weighted by atomic mass is 16.2. The molecular formula is C21H27N3O3. The first-order valence-electron chi connectivity index (χ1n) is 9.85. The predicted molar refractivity (Wildman–Crippen MR) is 102 cm³/mol. The molecule has 1 saturated carbocycles. The zero-order chi connectivity index (χ0) is 19.1. The van der Waals surface area contributed by atoms with Gasteiger partial charge in [-0.05, 0) is 49.3 Å². The lowest BCUT2D eigenvalue weighted by Crippen LogP contribution is -2.39. The van der Waals surface area contributed by atoms with Gasteiger partial charge >= 0.3 is 0 Å². The van der Waals surface area contributed by atoms with E-state index in [1.54, 1.807) is 4.90 Å². The zero-order valence-electron chi connectivity index (χ0n) is 16.1. The van der Waals surface area contributed by atoms with Crippen LogP contribution in [0, 0.1) is 11.8 Å². The van der Waals surface area contributed by atoms with Crippen LogP contribution >= 0.6 is 0 Å². The molecule has 3 aliphatic rings. The number of likely N-dealkylation sites (tertiary alicyclic amines) is 1. The minimum absolute atomic E-state index is 0.00757. The lowest BCUT2D eigenvalue weighted by Gasteiger charge is -2.31.